The summed E-state index contributed by atoms with van der Waals surface area (Å²) >= 11 is 25.0. The summed E-state index contributed by atoms with van der Waals surface area (Å²) in [5.41, 5.74) is 0.377. The second-order valence-electron chi connectivity index (χ2n) is 6.10. The molecular formula is C18H12Br2Cl3FN4O2. The van der Waals surface area contributed by atoms with Crippen LogP contribution >= 0.6 is 66.7 Å². The molecule has 1 aliphatic heterocycles. The van der Waals surface area contributed by atoms with Gasteiger partial charge in [-0.1, -0.05) is 46.9 Å². The number of benzene rings is 2. The van der Waals surface area contributed by atoms with Gasteiger partial charge in [0, 0.05) is 21.7 Å². The highest BCUT2D eigenvalue weighted by Crippen LogP contribution is 2.35. The van der Waals surface area contributed by atoms with Gasteiger partial charge < -0.3 is 5.32 Å². The van der Waals surface area contributed by atoms with E-state index in [9.17, 15) is 14.0 Å². The molecule has 2 aromatic rings. The predicted molar refractivity (Wildman–Crippen MR) is 124 cm³/mol. The highest BCUT2D eigenvalue weighted by atomic mass is 79.9. The molecule has 0 spiro atoms. The van der Waals surface area contributed by atoms with Gasteiger partial charge in [-0.2, -0.15) is 0 Å². The first-order valence-electron chi connectivity index (χ1n) is 8.23. The lowest BCUT2D eigenvalue weighted by Gasteiger charge is -2.25. The largest absolute Gasteiger partial charge is 0.360 e. The van der Waals surface area contributed by atoms with E-state index < -0.39 is 27.7 Å². The third kappa shape index (κ3) is 4.75. The Bertz CT molecular complexity index is 1050. The first-order chi connectivity index (χ1) is 14.0. The monoisotopic (exact) mass is 598 g/mol. The minimum atomic E-state index is -2.00. The fourth-order valence-electron chi connectivity index (χ4n) is 2.59. The lowest BCUT2D eigenvalue weighted by Crippen LogP contribution is -2.38. The molecule has 1 atom stereocenters. The SMILES string of the molecule is CN1C(=O)C(=NC(Nc2ccc(Br)c(Br)c2)C(Cl)(Cl)Cl)N(c2ccccc2F)C1=O. The van der Waals surface area contributed by atoms with E-state index in [1.807, 2.05) is 0 Å². The number of likely N-dealkylation sites (N-methyl/N-ethyl adjacent to an activating group) is 1. The number of hydrogen-bond acceptors (Lipinski definition) is 4. The molecule has 1 N–H and O–H groups in total. The number of carbonyl (C=O) groups is 2. The minimum Gasteiger partial charge on any atom is -0.360 e. The molecule has 0 bridgehead atoms. The van der Waals surface area contributed by atoms with Gasteiger partial charge in [0.25, 0.3) is 5.91 Å². The Kier molecular flexibility index (Phi) is 6.98. The van der Waals surface area contributed by atoms with Gasteiger partial charge in [-0.15, -0.1) is 0 Å². The van der Waals surface area contributed by atoms with Crippen molar-refractivity contribution in [3.8, 4) is 0 Å². The van der Waals surface area contributed by atoms with Crippen molar-refractivity contribution >= 4 is 95.8 Å². The van der Waals surface area contributed by atoms with Crippen molar-refractivity contribution in [2.75, 3.05) is 17.3 Å². The molecule has 0 aromatic heterocycles. The van der Waals surface area contributed by atoms with Crippen molar-refractivity contribution in [2.24, 2.45) is 4.99 Å². The molecule has 3 rings (SSSR count). The number of amides is 3. The summed E-state index contributed by atoms with van der Waals surface area (Å²) in [5, 5.41) is 2.91. The van der Waals surface area contributed by atoms with Crippen LogP contribution in [0, 0.1) is 5.82 Å². The highest BCUT2D eigenvalue weighted by Gasteiger charge is 2.44. The van der Waals surface area contributed by atoms with E-state index in [1.54, 1.807) is 18.2 Å². The Labute approximate surface area is 203 Å². The lowest BCUT2D eigenvalue weighted by atomic mass is 10.3. The summed E-state index contributed by atoms with van der Waals surface area (Å²) in [6, 6.07) is 9.86. The zero-order valence-electron chi connectivity index (χ0n) is 15.0. The number of amidine groups is 1. The molecule has 2 aromatic carbocycles. The average Bonchev–Trinajstić information content (AvgIpc) is 2.88. The Hall–Kier alpha value is -1.39. The van der Waals surface area contributed by atoms with Gasteiger partial charge in [0.2, 0.25) is 9.63 Å². The van der Waals surface area contributed by atoms with Crippen LogP contribution in [-0.2, 0) is 4.79 Å². The van der Waals surface area contributed by atoms with E-state index in [-0.39, 0.29) is 11.5 Å². The number of anilines is 2. The van der Waals surface area contributed by atoms with Crippen LogP contribution in [0.1, 0.15) is 0 Å². The van der Waals surface area contributed by atoms with Crippen molar-refractivity contribution in [1.82, 2.24) is 4.90 Å². The van der Waals surface area contributed by atoms with Gasteiger partial charge in [-0.3, -0.25) is 9.69 Å². The van der Waals surface area contributed by atoms with Gasteiger partial charge in [-0.05, 0) is 62.2 Å². The Morgan fingerprint density at radius 1 is 1.10 bits per heavy atom. The number of imide groups is 1. The molecule has 1 heterocycles. The molecule has 12 heteroatoms. The fraction of sp³-hybridized carbons (Fsp3) is 0.167. The molecule has 1 aliphatic rings. The van der Waals surface area contributed by atoms with Gasteiger partial charge >= 0.3 is 6.03 Å². The van der Waals surface area contributed by atoms with E-state index >= 15 is 0 Å². The number of aliphatic imine (C=N–C) groups is 1. The van der Waals surface area contributed by atoms with Crippen LogP contribution in [0.4, 0.5) is 20.6 Å². The Morgan fingerprint density at radius 2 is 1.77 bits per heavy atom. The number of nitrogens with zero attached hydrogens (tertiary/aromatic N) is 3. The molecule has 1 unspecified atom stereocenters. The number of nitrogens with one attached hydrogen (secondary N) is 1. The first-order valence-corrected chi connectivity index (χ1v) is 11.0. The molecule has 0 radical (unpaired) electrons. The van der Waals surface area contributed by atoms with E-state index in [2.05, 4.69) is 42.2 Å². The normalized spacial score (nSPS) is 17.1. The summed E-state index contributed by atoms with van der Waals surface area (Å²) < 4.78 is 13.9. The second-order valence-corrected chi connectivity index (χ2v) is 10.2. The number of halogens is 6. The van der Waals surface area contributed by atoms with E-state index in [1.165, 1.54) is 25.2 Å². The molecule has 1 saturated heterocycles. The first kappa shape index (κ1) is 23.3. The smallest absolute Gasteiger partial charge is 0.337 e. The number of para-hydroxylation sites is 1. The number of rotatable bonds is 4. The van der Waals surface area contributed by atoms with Gasteiger partial charge in [0.1, 0.15) is 5.82 Å². The predicted octanol–water partition coefficient (Wildman–Crippen LogP) is 5.96. The molecular weight excluding hydrogens is 589 g/mol. The molecule has 0 saturated carbocycles. The average molecular weight is 601 g/mol. The lowest BCUT2D eigenvalue weighted by molar-refractivity contribution is -0.119. The maximum Gasteiger partial charge on any atom is 0.337 e. The zero-order valence-corrected chi connectivity index (χ0v) is 20.5. The fourth-order valence-corrected chi connectivity index (χ4v) is 3.53. The van der Waals surface area contributed by atoms with Crippen LogP contribution in [0.3, 0.4) is 0 Å². The molecule has 1 fully saturated rings. The maximum absolute atomic E-state index is 14.4. The summed E-state index contributed by atoms with van der Waals surface area (Å²) in [7, 11) is 1.25. The van der Waals surface area contributed by atoms with Crippen molar-refractivity contribution in [3.63, 3.8) is 0 Å². The van der Waals surface area contributed by atoms with Crippen LogP contribution in [0.25, 0.3) is 0 Å². The summed E-state index contributed by atoms with van der Waals surface area (Å²) in [4.78, 5) is 31.1. The topological polar surface area (TPSA) is 65.0 Å². The van der Waals surface area contributed by atoms with E-state index in [0.717, 1.165) is 24.8 Å². The van der Waals surface area contributed by atoms with Crippen molar-refractivity contribution in [2.45, 2.75) is 9.96 Å². The second kappa shape index (κ2) is 9.00. The Morgan fingerprint density at radius 3 is 2.37 bits per heavy atom. The van der Waals surface area contributed by atoms with E-state index in [0.29, 0.717) is 5.69 Å². The quantitative estimate of drug-likeness (QED) is 0.348. The third-order valence-electron chi connectivity index (χ3n) is 4.06. The summed E-state index contributed by atoms with van der Waals surface area (Å²) in [6.45, 7) is 0. The van der Waals surface area contributed by atoms with Crippen LogP contribution in [0.5, 0.6) is 0 Å². The third-order valence-corrected chi connectivity index (χ3v) is 6.56. The minimum absolute atomic E-state index is 0.145. The number of alkyl halides is 3. The highest BCUT2D eigenvalue weighted by molar-refractivity contribution is 9.13. The van der Waals surface area contributed by atoms with Crippen molar-refractivity contribution < 1.29 is 14.0 Å². The zero-order chi connectivity index (χ0) is 22.2. The van der Waals surface area contributed by atoms with Crippen LogP contribution in [-0.4, -0.2) is 39.7 Å². The molecule has 6 nitrogen and oxygen atoms in total. The maximum atomic E-state index is 14.4. The molecule has 0 aliphatic carbocycles. The number of hydrogen-bond donors (Lipinski definition) is 1. The summed E-state index contributed by atoms with van der Waals surface area (Å²) in [6.07, 6.45) is -1.27. The summed E-state index contributed by atoms with van der Waals surface area (Å²) in [5.74, 6) is -1.86. The number of carbonyl (C=O) groups excluding carboxylic acids is 2. The van der Waals surface area contributed by atoms with Gasteiger partial charge in [-0.25, -0.2) is 19.1 Å². The van der Waals surface area contributed by atoms with Crippen molar-refractivity contribution in [1.29, 1.82) is 0 Å². The van der Waals surface area contributed by atoms with Crippen LogP contribution < -0.4 is 10.2 Å². The van der Waals surface area contributed by atoms with Crippen LogP contribution in [0.2, 0.25) is 0 Å². The Balaban J connectivity index is 2.07. The molecule has 3 amide bonds. The molecule has 158 valence electrons. The number of urea groups is 1. The van der Waals surface area contributed by atoms with E-state index in [4.69, 9.17) is 34.8 Å². The standard InChI is InChI=1S/C18H12Br2Cl3FN4O2/c1-27-15(29)14(28(17(27)30)13-5-3-2-4-12(13)24)26-16(18(21,22)23)25-9-6-7-10(19)11(20)8-9/h2-8,16,25H,1H3. The molecule has 30 heavy (non-hydrogen) atoms. The van der Waals surface area contributed by atoms with Gasteiger partial charge in [0.05, 0.1) is 5.69 Å². The van der Waals surface area contributed by atoms with Gasteiger partial charge in [0.15, 0.2) is 6.17 Å². The van der Waals surface area contributed by atoms with Crippen molar-refractivity contribution in [3.05, 3.63) is 57.2 Å². The van der Waals surface area contributed by atoms with Crippen LogP contribution in [0.15, 0.2) is 56.4 Å².